The molecule has 29 heavy (non-hydrogen) atoms. The molecule has 4 rings (SSSR count). The van der Waals surface area contributed by atoms with E-state index >= 15 is 0 Å². The summed E-state index contributed by atoms with van der Waals surface area (Å²) in [5.74, 6) is -1.79. The third-order valence-electron chi connectivity index (χ3n) is 5.46. The van der Waals surface area contributed by atoms with Gasteiger partial charge in [0.1, 0.15) is 0 Å². The predicted molar refractivity (Wildman–Crippen MR) is 106 cm³/mol. The lowest BCUT2D eigenvalue weighted by molar-refractivity contribution is -0.144. The zero-order valence-electron chi connectivity index (χ0n) is 15.8. The van der Waals surface area contributed by atoms with Gasteiger partial charge in [0.25, 0.3) is 11.8 Å². The topological polar surface area (TPSA) is 95.6 Å². The van der Waals surface area contributed by atoms with Crippen molar-refractivity contribution in [1.29, 1.82) is 0 Å². The van der Waals surface area contributed by atoms with Crippen LogP contribution in [0.15, 0.2) is 48.5 Å². The van der Waals surface area contributed by atoms with Crippen LogP contribution in [0.5, 0.6) is 0 Å². The molecule has 0 aromatic heterocycles. The average Bonchev–Trinajstić information content (AvgIpc) is 3.02. The monoisotopic (exact) mass is 391 g/mol. The van der Waals surface area contributed by atoms with E-state index < -0.39 is 23.6 Å². The van der Waals surface area contributed by atoms with Gasteiger partial charge in [0, 0.05) is 18.8 Å². The first kappa shape index (κ1) is 18.9. The van der Waals surface area contributed by atoms with Crippen LogP contribution in [0.3, 0.4) is 0 Å². The number of carbonyl (C=O) groups excluding carboxylic acids is 4. The smallest absolute Gasteiger partial charge is 0.313 e. The molecule has 2 aromatic rings. The fraction of sp³-hybridized carbons (Fsp3) is 0.273. The Hall–Kier alpha value is -3.48. The molecule has 7 heteroatoms. The summed E-state index contributed by atoms with van der Waals surface area (Å²) in [7, 11) is 0. The van der Waals surface area contributed by atoms with Crippen LogP contribution >= 0.6 is 0 Å². The highest BCUT2D eigenvalue weighted by atomic mass is 16.2. The van der Waals surface area contributed by atoms with E-state index in [1.165, 1.54) is 23.8 Å². The minimum Gasteiger partial charge on any atom is -0.334 e. The Morgan fingerprint density at radius 3 is 2.38 bits per heavy atom. The molecule has 148 valence electrons. The number of benzene rings is 2. The van der Waals surface area contributed by atoms with Crippen LogP contribution in [0.4, 0.5) is 5.69 Å². The van der Waals surface area contributed by atoms with Gasteiger partial charge in [-0.1, -0.05) is 30.3 Å². The van der Waals surface area contributed by atoms with Gasteiger partial charge in [0.15, 0.2) is 0 Å². The van der Waals surface area contributed by atoms with Gasteiger partial charge in [0.2, 0.25) is 0 Å². The van der Waals surface area contributed by atoms with E-state index in [1.54, 1.807) is 4.90 Å². The van der Waals surface area contributed by atoms with Crippen molar-refractivity contribution < 1.29 is 19.2 Å². The quantitative estimate of drug-likeness (QED) is 0.618. The molecule has 2 aromatic carbocycles. The van der Waals surface area contributed by atoms with E-state index in [1.807, 2.05) is 18.2 Å². The Morgan fingerprint density at radius 2 is 1.66 bits per heavy atom. The van der Waals surface area contributed by atoms with E-state index in [2.05, 4.69) is 22.8 Å². The summed E-state index contributed by atoms with van der Waals surface area (Å²) in [4.78, 5) is 49.8. The van der Waals surface area contributed by atoms with E-state index in [4.69, 9.17) is 0 Å². The fourth-order valence-corrected chi connectivity index (χ4v) is 3.86. The number of rotatable bonds is 3. The molecule has 4 amide bonds. The molecule has 2 N–H and O–H groups in total. The lowest BCUT2D eigenvalue weighted by Crippen LogP contribution is -2.44. The lowest BCUT2D eigenvalue weighted by atomic mass is 9.90. The maximum Gasteiger partial charge on any atom is 0.313 e. The number of hydrogen-bond donors (Lipinski definition) is 2. The first-order chi connectivity index (χ1) is 14.0. The molecule has 1 saturated heterocycles. The largest absolute Gasteiger partial charge is 0.334 e. The Labute approximate surface area is 168 Å². The van der Waals surface area contributed by atoms with Gasteiger partial charge >= 0.3 is 11.8 Å². The number of likely N-dealkylation sites (tertiary alicyclic amines) is 1. The summed E-state index contributed by atoms with van der Waals surface area (Å²) in [6.45, 7) is 1.09. The van der Waals surface area contributed by atoms with Crippen molar-refractivity contribution in [3.63, 3.8) is 0 Å². The molecule has 0 atom stereocenters. The predicted octanol–water partition coefficient (Wildman–Crippen LogP) is 1.99. The van der Waals surface area contributed by atoms with Gasteiger partial charge in [0.05, 0.1) is 11.1 Å². The fourth-order valence-electron chi connectivity index (χ4n) is 3.86. The first-order valence-corrected chi connectivity index (χ1v) is 9.65. The molecule has 2 aliphatic rings. The molecule has 0 bridgehead atoms. The van der Waals surface area contributed by atoms with Gasteiger partial charge in [-0.05, 0) is 48.9 Å². The Bertz CT molecular complexity index is 979. The third-order valence-corrected chi connectivity index (χ3v) is 5.46. The summed E-state index contributed by atoms with van der Waals surface area (Å²) in [5.41, 5.74) is 2.06. The van der Waals surface area contributed by atoms with Crippen molar-refractivity contribution in [2.45, 2.75) is 19.3 Å². The van der Waals surface area contributed by atoms with Gasteiger partial charge in [-0.25, -0.2) is 0 Å². The van der Waals surface area contributed by atoms with Gasteiger partial charge in [-0.3, -0.25) is 24.5 Å². The van der Waals surface area contributed by atoms with Crippen LogP contribution in [0, 0.1) is 5.92 Å². The van der Waals surface area contributed by atoms with Crippen LogP contribution in [0.1, 0.15) is 39.1 Å². The van der Waals surface area contributed by atoms with E-state index in [-0.39, 0.29) is 11.1 Å². The lowest BCUT2D eigenvalue weighted by Gasteiger charge is -2.31. The van der Waals surface area contributed by atoms with Gasteiger partial charge < -0.3 is 10.2 Å². The second-order valence-electron chi connectivity index (χ2n) is 7.42. The van der Waals surface area contributed by atoms with Crippen molar-refractivity contribution in [2.75, 3.05) is 18.4 Å². The van der Waals surface area contributed by atoms with E-state index in [0.717, 1.165) is 19.3 Å². The van der Waals surface area contributed by atoms with Crippen molar-refractivity contribution in [3.8, 4) is 0 Å². The number of nitrogens with zero attached hydrogens (tertiary/aromatic N) is 1. The Morgan fingerprint density at radius 1 is 0.966 bits per heavy atom. The number of piperidine rings is 1. The Kier molecular flexibility index (Phi) is 5.12. The van der Waals surface area contributed by atoms with Gasteiger partial charge in [-0.15, -0.1) is 0 Å². The SMILES string of the molecule is O=C(Nc1ccc2c(c1)C(=O)NC2=O)C(=O)N1CCC(Cc2ccccc2)CC1. The molecule has 0 radical (unpaired) electrons. The number of hydrogen-bond acceptors (Lipinski definition) is 4. The molecule has 1 fully saturated rings. The molecule has 7 nitrogen and oxygen atoms in total. The number of anilines is 1. The highest BCUT2D eigenvalue weighted by molar-refractivity contribution is 6.39. The summed E-state index contributed by atoms with van der Waals surface area (Å²) in [6, 6.07) is 14.6. The van der Waals surface area contributed by atoms with Crippen LogP contribution in [-0.4, -0.2) is 41.6 Å². The van der Waals surface area contributed by atoms with Gasteiger partial charge in [-0.2, -0.15) is 0 Å². The van der Waals surface area contributed by atoms with Crippen LogP contribution in [-0.2, 0) is 16.0 Å². The van der Waals surface area contributed by atoms with Crippen LogP contribution in [0.25, 0.3) is 0 Å². The molecule has 0 saturated carbocycles. The number of amides is 4. The number of fused-ring (bicyclic) bond motifs is 1. The summed E-state index contributed by atoms with van der Waals surface area (Å²) in [5, 5.41) is 4.73. The zero-order chi connectivity index (χ0) is 20.4. The van der Waals surface area contributed by atoms with Crippen LogP contribution < -0.4 is 10.6 Å². The number of nitrogens with one attached hydrogen (secondary N) is 2. The number of carbonyl (C=O) groups is 4. The maximum atomic E-state index is 12.5. The molecule has 2 aliphatic heterocycles. The summed E-state index contributed by atoms with van der Waals surface area (Å²) in [6.07, 6.45) is 2.69. The van der Waals surface area contributed by atoms with Crippen molar-refractivity contribution in [2.24, 2.45) is 5.92 Å². The number of imide groups is 1. The second kappa shape index (κ2) is 7.87. The molecule has 0 aliphatic carbocycles. The van der Waals surface area contributed by atoms with Crippen molar-refractivity contribution in [1.82, 2.24) is 10.2 Å². The summed E-state index contributed by atoms with van der Waals surface area (Å²) < 4.78 is 0. The third kappa shape index (κ3) is 4.03. The zero-order valence-corrected chi connectivity index (χ0v) is 15.8. The average molecular weight is 391 g/mol. The minimum absolute atomic E-state index is 0.196. The van der Waals surface area contributed by atoms with E-state index in [0.29, 0.717) is 24.7 Å². The maximum absolute atomic E-state index is 12.5. The first-order valence-electron chi connectivity index (χ1n) is 9.65. The minimum atomic E-state index is -0.740. The van der Waals surface area contributed by atoms with E-state index in [9.17, 15) is 19.2 Å². The normalized spacial score (nSPS) is 16.3. The molecule has 0 unspecified atom stereocenters. The molecule has 0 spiro atoms. The highest BCUT2D eigenvalue weighted by Gasteiger charge is 2.29. The highest BCUT2D eigenvalue weighted by Crippen LogP contribution is 2.23. The van der Waals surface area contributed by atoms with Crippen molar-refractivity contribution >= 4 is 29.3 Å². The Balaban J connectivity index is 1.32. The second-order valence-corrected chi connectivity index (χ2v) is 7.42. The standard InChI is InChI=1S/C22H21N3O4/c26-19-17-7-6-16(13-18(17)20(27)24-19)23-21(28)22(29)25-10-8-15(9-11-25)12-14-4-2-1-3-5-14/h1-7,13,15H,8-12H2,(H,23,28)(H,24,26,27). The molecular formula is C22H21N3O4. The van der Waals surface area contributed by atoms with Crippen LogP contribution in [0.2, 0.25) is 0 Å². The van der Waals surface area contributed by atoms with Crippen molar-refractivity contribution in [3.05, 3.63) is 65.2 Å². The summed E-state index contributed by atoms with van der Waals surface area (Å²) >= 11 is 0. The molecular weight excluding hydrogens is 370 g/mol. The molecule has 2 heterocycles.